The maximum absolute atomic E-state index is 4.61. The van der Waals surface area contributed by atoms with Gasteiger partial charge >= 0.3 is 0 Å². The summed E-state index contributed by atoms with van der Waals surface area (Å²) < 4.78 is 0. The van der Waals surface area contributed by atoms with Gasteiger partial charge in [-0.15, -0.1) is 0 Å². The molecule has 1 heterocycles. The lowest BCUT2D eigenvalue weighted by atomic mass is 9.86. The van der Waals surface area contributed by atoms with Crippen LogP contribution in [0, 0.1) is 0 Å². The Morgan fingerprint density at radius 2 is 1.94 bits per heavy atom. The van der Waals surface area contributed by atoms with E-state index in [1.165, 1.54) is 5.56 Å². The predicted octanol–water partition coefficient (Wildman–Crippen LogP) is 3.49. The minimum atomic E-state index is 0.113. The molecule has 0 aliphatic carbocycles. The maximum Gasteiger partial charge on any atom is 0.0924 e. The molecule has 0 spiro atoms. The summed E-state index contributed by atoms with van der Waals surface area (Å²) in [5.41, 5.74) is 4.47. The van der Waals surface area contributed by atoms with Crippen LogP contribution in [0.3, 0.4) is 0 Å². The number of aromatic nitrogens is 2. The Bertz CT molecular complexity index is 510. The van der Waals surface area contributed by atoms with Crippen molar-refractivity contribution in [3.05, 3.63) is 35.7 Å². The van der Waals surface area contributed by atoms with Gasteiger partial charge < -0.3 is 0 Å². The Labute approximate surface area is 96.7 Å². The lowest BCUT2D eigenvalue weighted by Crippen LogP contribution is -2.12. The quantitative estimate of drug-likeness (QED) is 0.726. The van der Waals surface area contributed by atoms with Crippen LogP contribution in [-0.2, 0) is 11.8 Å². The molecule has 16 heavy (non-hydrogen) atoms. The maximum atomic E-state index is 4.61. The van der Waals surface area contributed by atoms with Crippen LogP contribution in [0.15, 0.2) is 24.4 Å². The first kappa shape index (κ1) is 11.1. The van der Waals surface area contributed by atoms with Crippen LogP contribution in [-0.4, -0.2) is 9.97 Å². The fourth-order valence-corrected chi connectivity index (χ4v) is 1.86. The van der Waals surface area contributed by atoms with E-state index in [4.69, 9.17) is 0 Å². The molecule has 0 N–H and O–H groups in total. The molecular formula is C14H18N2. The van der Waals surface area contributed by atoms with Crippen molar-refractivity contribution in [3.8, 4) is 0 Å². The van der Waals surface area contributed by atoms with Crippen molar-refractivity contribution >= 4 is 11.0 Å². The highest BCUT2D eigenvalue weighted by molar-refractivity contribution is 5.78. The minimum absolute atomic E-state index is 0.113. The number of rotatable bonds is 1. The van der Waals surface area contributed by atoms with Crippen molar-refractivity contribution < 1.29 is 0 Å². The first-order valence-electron chi connectivity index (χ1n) is 5.77. The second-order valence-electron chi connectivity index (χ2n) is 5.14. The molecule has 0 saturated heterocycles. The van der Waals surface area contributed by atoms with Gasteiger partial charge in [0.15, 0.2) is 0 Å². The smallest absolute Gasteiger partial charge is 0.0924 e. The molecular weight excluding hydrogens is 196 g/mol. The van der Waals surface area contributed by atoms with Crippen LogP contribution in [0.5, 0.6) is 0 Å². The third-order valence-electron chi connectivity index (χ3n) is 2.79. The van der Waals surface area contributed by atoms with Gasteiger partial charge in [-0.1, -0.05) is 39.8 Å². The molecule has 0 fully saturated rings. The standard InChI is InChI=1S/C14H18N2/c1-5-10-9-15-13-11(14(2,3)4)7-6-8-12(13)16-10/h6-9H,5H2,1-4H3. The number of fused-ring (bicyclic) bond motifs is 1. The molecule has 1 aromatic heterocycles. The summed E-state index contributed by atoms with van der Waals surface area (Å²) in [6.45, 7) is 8.72. The normalized spacial score (nSPS) is 12.0. The van der Waals surface area contributed by atoms with Crippen LogP contribution < -0.4 is 0 Å². The van der Waals surface area contributed by atoms with E-state index in [9.17, 15) is 0 Å². The average Bonchev–Trinajstić information content (AvgIpc) is 2.26. The van der Waals surface area contributed by atoms with Gasteiger partial charge in [-0.2, -0.15) is 0 Å². The summed E-state index contributed by atoms with van der Waals surface area (Å²) >= 11 is 0. The highest BCUT2D eigenvalue weighted by atomic mass is 14.8. The van der Waals surface area contributed by atoms with E-state index in [1.54, 1.807) is 0 Å². The Hall–Kier alpha value is -1.44. The molecule has 2 aromatic rings. The largest absolute Gasteiger partial charge is 0.252 e. The van der Waals surface area contributed by atoms with E-state index in [1.807, 2.05) is 12.3 Å². The molecule has 0 aliphatic rings. The van der Waals surface area contributed by atoms with E-state index in [-0.39, 0.29) is 5.41 Å². The van der Waals surface area contributed by atoms with Crippen molar-refractivity contribution in [2.24, 2.45) is 0 Å². The third kappa shape index (κ3) is 1.92. The Kier molecular flexibility index (Phi) is 2.66. The van der Waals surface area contributed by atoms with Crippen molar-refractivity contribution in [3.63, 3.8) is 0 Å². The Balaban J connectivity index is 2.70. The monoisotopic (exact) mass is 214 g/mol. The summed E-state index contributed by atoms with van der Waals surface area (Å²) in [7, 11) is 0. The van der Waals surface area contributed by atoms with E-state index in [0.29, 0.717) is 0 Å². The SMILES string of the molecule is CCc1cnc2c(C(C)(C)C)cccc2n1. The zero-order valence-corrected chi connectivity index (χ0v) is 10.4. The molecule has 0 aliphatic heterocycles. The van der Waals surface area contributed by atoms with Gasteiger partial charge in [0.1, 0.15) is 0 Å². The lowest BCUT2D eigenvalue weighted by molar-refractivity contribution is 0.594. The summed E-state index contributed by atoms with van der Waals surface area (Å²) in [5, 5.41) is 0. The van der Waals surface area contributed by atoms with Crippen LogP contribution in [0.1, 0.15) is 39.0 Å². The lowest BCUT2D eigenvalue weighted by Gasteiger charge is -2.20. The molecule has 0 amide bonds. The molecule has 0 atom stereocenters. The molecule has 2 heteroatoms. The van der Waals surface area contributed by atoms with Crippen LogP contribution in [0.4, 0.5) is 0 Å². The van der Waals surface area contributed by atoms with Gasteiger partial charge in [0, 0.05) is 6.20 Å². The molecule has 2 nitrogen and oxygen atoms in total. The molecule has 0 unspecified atom stereocenters. The number of hydrogen-bond acceptors (Lipinski definition) is 2. The third-order valence-corrected chi connectivity index (χ3v) is 2.79. The summed E-state index contributed by atoms with van der Waals surface area (Å²) in [5.74, 6) is 0. The fourth-order valence-electron chi connectivity index (χ4n) is 1.86. The molecule has 84 valence electrons. The van der Waals surface area contributed by atoms with E-state index in [2.05, 4.69) is 49.8 Å². The van der Waals surface area contributed by atoms with Crippen LogP contribution in [0.2, 0.25) is 0 Å². The van der Waals surface area contributed by atoms with Crippen LogP contribution >= 0.6 is 0 Å². The number of hydrogen-bond donors (Lipinski definition) is 0. The summed E-state index contributed by atoms with van der Waals surface area (Å²) in [6.07, 6.45) is 2.82. The minimum Gasteiger partial charge on any atom is -0.252 e. The van der Waals surface area contributed by atoms with Crippen molar-refractivity contribution in [1.29, 1.82) is 0 Å². The second kappa shape index (κ2) is 3.85. The molecule has 0 bridgehead atoms. The van der Waals surface area contributed by atoms with Gasteiger partial charge in [-0.25, -0.2) is 4.98 Å². The van der Waals surface area contributed by atoms with Gasteiger partial charge in [0.05, 0.1) is 16.7 Å². The predicted molar refractivity (Wildman–Crippen MR) is 67.6 cm³/mol. The van der Waals surface area contributed by atoms with Crippen molar-refractivity contribution in [2.45, 2.75) is 39.5 Å². The highest BCUT2D eigenvalue weighted by Gasteiger charge is 2.17. The Morgan fingerprint density at radius 3 is 2.56 bits per heavy atom. The van der Waals surface area contributed by atoms with Crippen molar-refractivity contribution in [1.82, 2.24) is 9.97 Å². The zero-order chi connectivity index (χ0) is 11.8. The highest BCUT2D eigenvalue weighted by Crippen LogP contribution is 2.27. The second-order valence-corrected chi connectivity index (χ2v) is 5.14. The summed E-state index contributed by atoms with van der Waals surface area (Å²) in [6, 6.07) is 6.25. The number of nitrogens with zero attached hydrogens (tertiary/aromatic N) is 2. The Morgan fingerprint density at radius 1 is 1.19 bits per heavy atom. The van der Waals surface area contributed by atoms with E-state index < -0.39 is 0 Å². The van der Waals surface area contributed by atoms with E-state index in [0.717, 1.165) is 23.1 Å². The molecule has 0 saturated carbocycles. The average molecular weight is 214 g/mol. The first-order chi connectivity index (χ1) is 7.52. The summed E-state index contributed by atoms with van der Waals surface area (Å²) in [4.78, 5) is 9.16. The van der Waals surface area contributed by atoms with Gasteiger partial charge in [-0.3, -0.25) is 4.98 Å². The van der Waals surface area contributed by atoms with Crippen molar-refractivity contribution in [2.75, 3.05) is 0 Å². The fraction of sp³-hybridized carbons (Fsp3) is 0.429. The van der Waals surface area contributed by atoms with E-state index >= 15 is 0 Å². The number of benzene rings is 1. The molecule has 2 rings (SSSR count). The van der Waals surface area contributed by atoms with Gasteiger partial charge in [0.25, 0.3) is 0 Å². The van der Waals surface area contributed by atoms with Gasteiger partial charge in [0.2, 0.25) is 0 Å². The zero-order valence-electron chi connectivity index (χ0n) is 10.4. The molecule has 1 aromatic carbocycles. The van der Waals surface area contributed by atoms with Crippen LogP contribution in [0.25, 0.3) is 11.0 Å². The topological polar surface area (TPSA) is 25.8 Å². The first-order valence-corrected chi connectivity index (χ1v) is 5.77. The number of aryl methyl sites for hydroxylation is 1. The molecule has 0 radical (unpaired) electrons. The number of para-hydroxylation sites is 1. The van der Waals surface area contributed by atoms with Gasteiger partial charge in [-0.05, 0) is 23.5 Å².